The number of aliphatic hydroxyl groups excluding tert-OH is 1. The van der Waals surface area contributed by atoms with E-state index >= 15 is 0 Å². The highest BCUT2D eigenvalue weighted by Gasteiger charge is 2.60. The minimum Gasteiger partial charge on any atom is -0.456 e. The van der Waals surface area contributed by atoms with Gasteiger partial charge in [0.2, 0.25) is 5.91 Å². The summed E-state index contributed by atoms with van der Waals surface area (Å²) >= 11 is 3.79. The molecular formula is C19H21IN2O6S. The summed E-state index contributed by atoms with van der Waals surface area (Å²) in [7, 11) is 0. The molecule has 0 bridgehead atoms. The standard InChI is InChI=1S/C19H21IN2O6S/c1-10-15-14(11(2)23)18(24)21(15)16(17(10)29-8-7-20)19(25)28-9-12-3-5-13(6-4-12)22(26)27/h3-6,10-11,14-15,23H,7-9H2,1-2H3/t10?,11-,14?,15?/m1/s1. The van der Waals surface area contributed by atoms with Crippen LogP contribution in [0.5, 0.6) is 0 Å². The summed E-state index contributed by atoms with van der Waals surface area (Å²) in [4.78, 5) is 38.0. The van der Waals surface area contributed by atoms with Crippen LogP contribution in [0.4, 0.5) is 5.69 Å². The molecule has 8 nitrogen and oxygen atoms in total. The van der Waals surface area contributed by atoms with E-state index in [1.165, 1.54) is 40.9 Å². The third-order valence-corrected chi connectivity index (χ3v) is 7.71. The van der Waals surface area contributed by atoms with E-state index in [0.29, 0.717) is 5.56 Å². The summed E-state index contributed by atoms with van der Waals surface area (Å²) in [6, 6.07) is 5.53. The lowest BCUT2D eigenvalue weighted by molar-refractivity contribution is -0.384. The van der Waals surface area contributed by atoms with Gasteiger partial charge >= 0.3 is 5.97 Å². The van der Waals surface area contributed by atoms with Crippen molar-refractivity contribution in [1.82, 2.24) is 4.90 Å². The molecule has 0 radical (unpaired) electrons. The molecule has 10 heteroatoms. The topological polar surface area (TPSA) is 110 Å². The van der Waals surface area contributed by atoms with Crippen LogP contribution in [-0.2, 0) is 20.9 Å². The Morgan fingerprint density at radius 2 is 2.07 bits per heavy atom. The lowest BCUT2D eigenvalue weighted by Crippen LogP contribution is -2.63. The van der Waals surface area contributed by atoms with Crippen LogP contribution in [0, 0.1) is 22.0 Å². The fourth-order valence-electron chi connectivity index (χ4n) is 3.79. The quantitative estimate of drug-likeness (QED) is 0.137. The molecule has 2 heterocycles. The number of fused-ring (bicyclic) bond motifs is 1. The number of ether oxygens (including phenoxy) is 1. The van der Waals surface area contributed by atoms with Crippen LogP contribution < -0.4 is 0 Å². The minimum atomic E-state index is -0.780. The van der Waals surface area contributed by atoms with Crippen molar-refractivity contribution < 1.29 is 24.4 Å². The molecule has 3 unspecified atom stereocenters. The molecule has 0 aromatic heterocycles. The van der Waals surface area contributed by atoms with Gasteiger partial charge in [0, 0.05) is 33.1 Å². The number of hydrogen-bond donors (Lipinski definition) is 1. The number of benzene rings is 1. The number of carbonyl (C=O) groups excluding carboxylic acids is 2. The number of thioether (sulfide) groups is 1. The molecule has 0 aliphatic carbocycles. The smallest absolute Gasteiger partial charge is 0.356 e. The van der Waals surface area contributed by atoms with Crippen LogP contribution in [-0.4, -0.2) is 49.1 Å². The zero-order valence-corrected chi connectivity index (χ0v) is 18.9. The number of halogens is 1. The maximum Gasteiger partial charge on any atom is 0.356 e. The van der Waals surface area contributed by atoms with Crippen molar-refractivity contribution in [3.63, 3.8) is 0 Å². The number of aliphatic hydroxyl groups is 1. The average molecular weight is 532 g/mol. The lowest BCUT2D eigenvalue weighted by Gasteiger charge is -2.46. The maximum atomic E-state index is 12.9. The molecule has 0 spiro atoms. The SMILES string of the molecule is CC1C(SCCI)=C(C(=O)OCc2ccc([N+](=O)[O-])cc2)N2C(=O)C([C@@H](C)O)C12. The number of carbonyl (C=O) groups is 2. The molecule has 3 rings (SSSR count). The highest BCUT2D eigenvalue weighted by Crippen LogP contribution is 2.50. The highest BCUT2D eigenvalue weighted by molar-refractivity contribution is 14.1. The number of non-ortho nitro benzene ring substituents is 1. The van der Waals surface area contributed by atoms with E-state index < -0.39 is 22.9 Å². The van der Waals surface area contributed by atoms with Crippen molar-refractivity contribution in [3.8, 4) is 0 Å². The largest absolute Gasteiger partial charge is 0.456 e. The van der Waals surface area contributed by atoms with Crippen molar-refractivity contribution in [2.24, 2.45) is 11.8 Å². The van der Waals surface area contributed by atoms with Crippen LogP contribution in [0.25, 0.3) is 0 Å². The van der Waals surface area contributed by atoms with Gasteiger partial charge in [-0.2, -0.15) is 0 Å². The Kier molecular flexibility index (Phi) is 6.84. The van der Waals surface area contributed by atoms with Crippen LogP contribution in [0.2, 0.25) is 0 Å². The summed E-state index contributed by atoms with van der Waals surface area (Å²) < 4.78 is 6.32. The van der Waals surface area contributed by atoms with Crippen LogP contribution in [0.1, 0.15) is 19.4 Å². The second-order valence-corrected chi connectivity index (χ2v) is 9.22. The number of rotatable bonds is 8. The van der Waals surface area contributed by atoms with E-state index in [1.54, 1.807) is 6.92 Å². The fraction of sp³-hybridized carbons (Fsp3) is 0.474. The van der Waals surface area contributed by atoms with Gasteiger partial charge in [0.05, 0.1) is 23.0 Å². The monoisotopic (exact) mass is 532 g/mol. The van der Waals surface area contributed by atoms with Gasteiger partial charge in [-0.1, -0.05) is 29.5 Å². The van der Waals surface area contributed by atoms with E-state index in [9.17, 15) is 24.8 Å². The molecule has 1 aromatic carbocycles. The van der Waals surface area contributed by atoms with E-state index in [4.69, 9.17) is 4.74 Å². The van der Waals surface area contributed by atoms with E-state index in [1.807, 2.05) is 6.92 Å². The first-order valence-corrected chi connectivity index (χ1v) is 11.6. The molecule has 0 saturated carbocycles. The number of β-lactam (4-membered cyclic amide) rings is 1. The maximum absolute atomic E-state index is 12.9. The molecular weight excluding hydrogens is 511 g/mol. The minimum absolute atomic E-state index is 0.0388. The van der Waals surface area contributed by atoms with Crippen molar-refractivity contribution in [1.29, 1.82) is 0 Å². The van der Waals surface area contributed by atoms with E-state index in [2.05, 4.69) is 22.6 Å². The Morgan fingerprint density at radius 1 is 1.41 bits per heavy atom. The van der Waals surface area contributed by atoms with Crippen LogP contribution >= 0.6 is 34.4 Å². The van der Waals surface area contributed by atoms with Crippen molar-refractivity contribution >= 4 is 51.9 Å². The molecule has 1 aromatic rings. The Bertz CT molecular complexity index is 857. The van der Waals surface area contributed by atoms with Crippen molar-refractivity contribution in [3.05, 3.63) is 50.5 Å². The number of nitro groups is 1. The Balaban J connectivity index is 1.77. The van der Waals surface area contributed by atoms with Gasteiger partial charge in [0.1, 0.15) is 12.3 Å². The third kappa shape index (κ3) is 4.15. The van der Waals surface area contributed by atoms with Crippen molar-refractivity contribution in [2.45, 2.75) is 32.6 Å². The average Bonchev–Trinajstić information content (AvgIpc) is 2.92. The number of nitro benzene ring substituents is 1. The Labute approximate surface area is 186 Å². The zero-order chi connectivity index (χ0) is 21.3. The Hall–Kier alpha value is -1.66. The molecule has 2 aliphatic heterocycles. The Morgan fingerprint density at radius 3 is 2.62 bits per heavy atom. The number of nitrogens with zero attached hydrogens (tertiary/aromatic N) is 2. The van der Waals surface area contributed by atoms with Crippen LogP contribution in [0.3, 0.4) is 0 Å². The first-order valence-electron chi connectivity index (χ1n) is 9.12. The predicted octanol–water partition coefficient (Wildman–Crippen LogP) is 2.88. The van der Waals surface area contributed by atoms with Gasteiger partial charge in [-0.05, 0) is 24.6 Å². The van der Waals surface area contributed by atoms with Gasteiger partial charge in [-0.3, -0.25) is 14.9 Å². The highest BCUT2D eigenvalue weighted by atomic mass is 127. The summed E-state index contributed by atoms with van der Waals surface area (Å²) in [6.07, 6.45) is -0.780. The molecule has 29 heavy (non-hydrogen) atoms. The first-order chi connectivity index (χ1) is 13.8. The van der Waals surface area contributed by atoms with Crippen molar-refractivity contribution in [2.75, 3.05) is 10.2 Å². The molecule has 1 saturated heterocycles. The number of esters is 1. The third-order valence-electron chi connectivity index (χ3n) is 5.15. The molecule has 1 N–H and O–H groups in total. The normalized spacial score (nSPS) is 24.2. The van der Waals surface area contributed by atoms with E-state index in [0.717, 1.165) is 15.1 Å². The molecule has 156 valence electrons. The van der Waals surface area contributed by atoms with Gasteiger partial charge in [0.25, 0.3) is 5.69 Å². The fourth-order valence-corrected chi connectivity index (χ4v) is 5.46. The van der Waals surface area contributed by atoms with Gasteiger partial charge in [0.15, 0.2) is 0 Å². The zero-order valence-electron chi connectivity index (χ0n) is 15.9. The van der Waals surface area contributed by atoms with Gasteiger partial charge in [-0.25, -0.2) is 4.79 Å². The molecule has 4 atom stereocenters. The predicted molar refractivity (Wildman–Crippen MR) is 116 cm³/mol. The second kappa shape index (κ2) is 9.00. The summed E-state index contributed by atoms with van der Waals surface area (Å²) in [5, 5.41) is 20.7. The van der Waals surface area contributed by atoms with Crippen LogP contribution in [0.15, 0.2) is 34.9 Å². The first kappa shape index (κ1) is 22.0. The number of hydrogen-bond acceptors (Lipinski definition) is 7. The number of amides is 1. The van der Waals surface area contributed by atoms with Gasteiger partial charge in [-0.15, -0.1) is 11.8 Å². The summed E-state index contributed by atoms with van der Waals surface area (Å²) in [6.45, 7) is 3.51. The summed E-state index contributed by atoms with van der Waals surface area (Å²) in [5.74, 6) is -0.620. The molecule has 2 aliphatic rings. The summed E-state index contributed by atoms with van der Waals surface area (Å²) in [5.41, 5.74) is 0.842. The van der Waals surface area contributed by atoms with E-state index in [-0.39, 0.29) is 35.9 Å². The molecule has 1 amide bonds. The van der Waals surface area contributed by atoms with Gasteiger partial charge < -0.3 is 14.7 Å². The lowest BCUT2D eigenvalue weighted by atomic mass is 9.79. The second-order valence-electron chi connectivity index (χ2n) is 7.00. The number of alkyl halides is 1. The molecule has 1 fully saturated rings.